The highest BCUT2D eigenvalue weighted by molar-refractivity contribution is 7.45. The highest BCUT2D eigenvalue weighted by Crippen LogP contribution is 2.38. The van der Waals surface area contributed by atoms with Crippen LogP contribution in [0.15, 0.2) is 0 Å². The van der Waals surface area contributed by atoms with Crippen LogP contribution in [0.5, 0.6) is 0 Å². The first-order valence-electron chi connectivity index (χ1n) is 31.7. The number of rotatable bonds is 60. The van der Waals surface area contributed by atoms with Crippen molar-refractivity contribution in [3.05, 3.63) is 0 Å². The molecule has 0 aromatic carbocycles. The fourth-order valence-electron chi connectivity index (χ4n) is 9.72. The number of quaternary nitrogens is 1. The van der Waals surface area contributed by atoms with Gasteiger partial charge in [-0.3, -0.25) is 14.2 Å². The van der Waals surface area contributed by atoms with Crippen molar-refractivity contribution < 1.29 is 42.1 Å². The maximum atomic E-state index is 12.8. The van der Waals surface area contributed by atoms with Crippen LogP contribution in [0.4, 0.5) is 0 Å². The van der Waals surface area contributed by atoms with Crippen LogP contribution >= 0.6 is 7.82 Å². The molecule has 0 N–H and O–H groups in total. The first-order chi connectivity index (χ1) is 35.0. The summed E-state index contributed by atoms with van der Waals surface area (Å²) in [4.78, 5) is 37.9. The predicted molar refractivity (Wildman–Crippen MR) is 305 cm³/mol. The molecule has 0 aliphatic heterocycles. The highest BCUT2D eigenvalue weighted by Gasteiger charge is 2.22. The van der Waals surface area contributed by atoms with E-state index in [-0.39, 0.29) is 32.0 Å². The Labute approximate surface area is 448 Å². The summed E-state index contributed by atoms with van der Waals surface area (Å²) in [6, 6.07) is 0. The molecule has 10 heteroatoms. The monoisotopic (exact) mass is 1040 g/mol. The van der Waals surface area contributed by atoms with Crippen LogP contribution in [0.25, 0.3) is 0 Å². The van der Waals surface area contributed by atoms with E-state index in [4.69, 9.17) is 18.5 Å². The number of esters is 2. The molecule has 0 aliphatic carbocycles. The Morgan fingerprint density at radius 1 is 0.375 bits per heavy atom. The van der Waals surface area contributed by atoms with Gasteiger partial charge in [0.25, 0.3) is 7.82 Å². The molecule has 430 valence electrons. The zero-order valence-corrected chi connectivity index (χ0v) is 49.8. The highest BCUT2D eigenvalue weighted by atomic mass is 31.2. The number of phosphoric acid groups is 1. The maximum Gasteiger partial charge on any atom is 0.306 e. The summed E-state index contributed by atoms with van der Waals surface area (Å²) >= 11 is 0. The Hall–Kier alpha value is -0.990. The summed E-state index contributed by atoms with van der Waals surface area (Å²) in [5.41, 5.74) is 0. The standard InChI is InChI=1S/C62H124NO8P/c1-6-8-10-12-14-16-18-20-22-24-26-28-30-32-34-36-38-40-42-44-46-48-50-52-54-61(64)68-58-60(59-70-72(66,67)69-57-56-63(3,4)5)71-62(65)55-53-51-49-47-45-43-41-39-37-35-33-31-29-27-25-23-21-19-17-15-13-11-9-7-2/h60H,6-59H2,1-5H3/t60-/m1/s1. The molecule has 0 amide bonds. The van der Waals surface area contributed by atoms with E-state index in [0.717, 1.165) is 32.1 Å². The van der Waals surface area contributed by atoms with Crippen LogP contribution in [0, 0.1) is 0 Å². The number of hydrogen-bond acceptors (Lipinski definition) is 8. The number of hydrogen-bond donors (Lipinski definition) is 0. The molecule has 0 saturated heterocycles. The molecule has 0 aromatic rings. The second kappa shape index (κ2) is 54.8. The lowest BCUT2D eigenvalue weighted by atomic mass is 10.0. The third-order valence-electron chi connectivity index (χ3n) is 14.6. The fraction of sp³-hybridized carbons (Fsp3) is 0.968. The molecule has 0 aromatic heterocycles. The van der Waals surface area contributed by atoms with E-state index in [1.54, 1.807) is 0 Å². The van der Waals surface area contributed by atoms with Gasteiger partial charge in [0, 0.05) is 12.8 Å². The van der Waals surface area contributed by atoms with Gasteiger partial charge >= 0.3 is 11.9 Å². The van der Waals surface area contributed by atoms with Crippen molar-refractivity contribution in [1.82, 2.24) is 0 Å². The third-order valence-corrected chi connectivity index (χ3v) is 15.6. The van der Waals surface area contributed by atoms with Crippen molar-refractivity contribution in [3.8, 4) is 0 Å². The number of nitrogens with zero attached hydrogens (tertiary/aromatic N) is 1. The van der Waals surface area contributed by atoms with Crippen LogP contribution < -0.4 is 4.89 Å². The van der Waals surface area contributed by atoms with Crippen molar-refractivity contribution in [2.75, 3.05) is 47.5 Å². The quantitative estimate of drug-likeness (QED) is 0.0256. The molecule has 0 radical (unpaired) electrons. The molecular weight excluding hydrogens is 918 g/mol. The van der Waals surface area contributed by atoms with Gasteiger partial charge in [-0.2, -0.15) is 0 Å². The lowest BCUT2D eigenvalue weighted by molar-refractivity contribution is -0.870. The van der Waals surface area contributed by atoms with Gasteiger partial charge in [0.15, 0.2) is 6.10 Å². The normalized spacial score (nSPS) is 13.1. The Balaban J connectivity index is 4.05. The van der Waals surface area contributed by atoms with Crippen molar-refractivity contribution in [1.29, 1.82) is 0 Å². The molecule has 0 heterocycles. The van der Waals surface area contributed by atoms with Gasteiger partial charge in [-0.05, 0) is 12.8 Å². The third kappa shape index (κ3) is 58.3. The van der Waals surface area contributed by atoms with Crippen LogP contribution in [0.1, 0.15) is 335 Å². The van der Waals surface area contributed by atoms with Crippen LogP contribution in [0.3, 0.4) is 0 Å². The molecule has 0 spiro atoms. The number of carbonyl (C=O) groups excluding carboxylic acids is 2. The molecule has 0 bridgehead atoms. The van der Waals surface area contributed by atoms with Gasteiger partial charge in [0.05, 0.1) is 27.7 Å². The Morgan fingerprint density at radius 2 is 0.625 bits per heavy atom. The lowest BCUT2D eigenvalue weighted by Crippen LogP contribution is -2.37. The lowest BCUT2D eigenvalue weighted by Gasteiger charge is -2.28. The smallest absolute Gasteiger partial charge is 0.306 e. The SMILES string of the molecule is CCCCCCCCCCCCCCCCCCCCCCCCCCC(=O)OC[C@H](COP(=O)([O-])OCC[N+](C)(C)C)OC(=O)CCCCCCCCCCCCCCCCCCCCCCCCCC. The van der Waals surface area contributed by atoms with Crippen molar-refractivity contribution >= 4 is 19.8 Å². The van der Waals surface area contributed by atoms with Gasteiger partial charge < -0.3 is 27.9 Å². The average Bonchev–Trinajstić information content (AvgIpc) is 3.34. The van der Waals surface area contributed by atoms with Gasteiger partial charge in [0.2, 0.25) is 0 Å². The second-order valence-electron chi connectivity index (χ2n) is 23.1. The number of unbranched alkanes of at least 4 members (excludes halogenated alkanes) is 46. The van der Waals surface area contributed by atoms with Crippen LogP contribution in [-0.2, 0) is 32.7 Å². The van der Waals surface area contributed by atoms with Gasteiger partial charge in [-0.15, -0.1) is 0 Å². The first kappa shape index (κ1) is 71.0. The Kier molecular flexibility index (Phi) is 54.0. The average molecular weight is 1040 g/mol. The second-order valence-corrected chi connectivity index (χ2v) is 24.6. The molecule has 9 nitrogen and oxygen atoms in total. The minimum Gasteiger partial charge on any atom is -0.756 e. The Bertz CT molecular complexity index is 1180. The molecular formula is C62H124NO8P. The number of phosphoric ester groups is 1. The molecule has 2 atom stereocenters. The van der Waals surface area contributed by atoms with Crippen molar-refractivity contribution in [3.63, 3.8) is 0 Å². The topological polar surface area (TPSA) is 111 Å². The van der Waals surface area contributed by atoms with E-state index >= 15 is 0 Å². The molecule has 0 aliphatic rings. The maximum absolute atomic E-state index is 12.8. The minimum atomic E-state index is -4.63. The van der Waals surface area contributed by atoms with E-state index in [9.17, 15) is 19.0 Å². The van der Waals surface area contributed by atoms with E-state index < -0.39 is 26.5 Å². The molecule has 1 unspecified atom stereocenters. The molecule has 72 heavy (non-hydrogen) atoms. The first-order valence-corrected chi connectivity index (χ1v) is 33.2. The van der Waals surface area contributed by atoms with Crippen LogP contribution in [0.2, 0.25) is 0 Å². The summed E-state index contributed by atoms with van der Waals surface area (Å²) in [6.45, 7) is 4.33. The van der Waals surface area contributed by atoms with E-state index in [0.29, 0.717) is 17.4 Å². The van der Waals surface area contributed by atoms with E-state index in [2.05, 4.69) is 13.8 Å². The van der Waals surface area contributed by atoms with Gasteiger partial charge in [0.1, 0.15) is 19.8 Å². The molecule has 0 saturated carbocycles. The molecule has 0 fully saturated rings. The summed E-state index contributed by atoms with van der Waals surface area (Å²) < 4.78 is 34.3. The van der Waals surface area contributed by atoms with E-state index in [1.807, 2.05) is 21.1 Å². The van der Waals surface area contributed by atoms with Gasteiger partial charge in [-0.25, -0.2) is 0 Å². The fourth-order valence-corrected chi connectivity index (χ4v) is 10.4. The minimum absolute atomic E-state index is 0.0249. The predicted octanol–water partition coefficient (Wildman–Crippen LogP) is 19.2. The Morgan fingerprint density at radius 3 is 0.889 bits per heavy atom. The zero-order chi connectivity index (χ0) is 52.7. The summed E-state index contributed by atoms with van der Waals surface area (Å²) in [5, 5.41) is 0. The van der Waals surface area contributed by atoms with Crippen molar-refractivity contribution in [2.45, 2.75) is 341 Å². The summed E-state index contributed by atoms with van der Waals surface area (Å²) in [5.74, 6) is -0.806. The summed E-state index contributed by atoms with van der Waals surface area (Å²) in [7, 11) is 1.19. The number of likely N-dealkylation sites (N-methyl/N-ethyl adjacent to an activating group) is 1. The van der Waals surface area contributed by atoms with E-state index in [1.165, 1.54) is 270 Å². The molecule has 0 rings (SSSR count). The number of ether oxygens (including phenoxy) is 2. The van der Waals surface area contributed by atoms with Crippen molar-refractivity contribution in [2.24, 2.45) is 0 Å². The largest absolute Gasteiger partial charge is 0.756 e. The van der Waals surface area contributed by atoms with Gasteiger partial charge in [-0.1, -0.05) is 309 Å². The zero-order valence-electron chi connectivity index (χ0n) is 48.9. The van der Waals surface area contributed by atoms with Crippen LogP contribution in [-0.4, -0.2) is 70.0 Å². The number of carbonyl (C=O) groups is 2. The summed E-state index contributed by atoms with van der Waals surface area (Å²) in [6.07, 6.45) is 63.1.